The van der Waals surface area contributed by atoms with E-state index in [1.165, 1.54) is 0 Å². The zero-order valence-electron chi connectivity index (χ0n) is 11.2. The van der Waals surface area contributed by atoms with Gasteiger partial charge in [0, 0.05) is 17.4 Å². The van der Waals surface area contributed by atoms with E-state index in [0.717, 1.165) is 22.0 Å². The second-order valence-corrected chi connectivity index (χ2v) is 4.97. The van der Waals surface area contributed by atoms with Crippen LogP contribution in [0.2, 0.25) is 0 Å². The first-order valence-electron chi connectivity index (χ1n) is 6.52. The molecule has 1 heterocycles. The second-order valence-electron chi connectivity index (χ2n) is 4.97. The Bertz CT molecular complexity index is 772. The molecule has 1 aromatic heterocycles. The fourth-order valence-electron chi connectivity index (χ4n) is 2.48. The molecule has 3 heteroatoms. The predicted molar refractivity (Wildman–Crippen MR) is 79.2 cm³/mol. The van der Waals surface area contributed by atoms with E-state index in [1.807, 2.05) is 60.0 Å². The number of fused-ring (bicyclic) bond motifs is 1. The first kappa shape index (κ1) is 12.5. The number of aryl methyl sites for hydroxylation is 1. The summed E-state index contributed by atoms with van der Waals surface area (Å²) in [6, 6.07) is 17.6. The van der Waals surface area contributed by atoms with Crippen LogP contribution >= 0.6 is 0 Å². The van der Waals surface area contributed by atoms with E-state index < -0.39 is 5.97 Å². The van der Waals surface area contributed by atoms with Crippen LogP contribution in [0.25, 0.3) is 10.9 Å². The van der Waals surface area contributed by atoms with Gasteiger partial charge in [-0.1, -0.05) is 42.5 Å². The van der Waals surface area contributed by atoms with Crippen molar-refractivity contribution in [2.75, 3.05) is 0 Å². The molecule has 20 heavy (non-hydrogen) atoms. The number of benzene rings is 2. The SMILES string of the molecule is Cc1ccc2cc(C(=O)O)n(Cc3ccccc3)c2c1. The van der Waals surface area contributed by atoms with Gasteiger partial charge >= 0.3 is 5.97 Å². The van der Waals surface area contributed by atoms with Crippen LogP contribution in [0.1, 0.15) is 21.6 Å². The van der Waals surface area contributed by atoms with Crippen LogP contribution in [0, 0.1) is 6.92 Å². The molecule has 0 saturated heterocycles. The van der Waals surface area contributed by atoms with Gasteiger partial charge in [0.05, 0.1) is 0 Å². The van der Waals surface area contributed by atoms with Gasteiger partial charge in [0.25, 0.3) is 0 Å². The Hall–Kier alpha value is -2.55. The Morgan fingerprint density at radius 3 is 2.55 bits per heavy atom. The summed E-state index contributed by atoms with van der Waals surface area (Å²) in [5.74, 6) is -0.894. The largest absolute Gasteiger partial charge is 0.477 e. The quantitative estimate of drug-likeness (QED) is 0.784. The van der Waals surface area contributed by atoms with Gasteiger partial charge in [-0.05, 0) is 30.2 Å². The lowest BCUT2D eigenvalue weighted by Crippen LogP contribution is -2.09. The molecule has 100 valence electrons. The molecule has 0 aliphatic heterocycles. The topological polar surface area (TPSA) is 42.2 Å². The molecule has 0 unspecified atom stereocenters. The first-order valence-corrected chi connectivity index (χ1v) is 6.52. The van der Waals surface area contributed by atoms with E-state index in [1.54, 1.807) is 6.07 Å². The van der Waals surface area contributed by atoms with Crippen LogP contribution in [0.5, 0.6) is 0 Å². The third-order valence-electron chi connectivity index (χ3n) is 3.46. The van der Waals surface area contributed by atoms with Gasteiger partial charge in [-0.15, -0.1) is 0 Å². The van der Waals surface area contributed by atoms with Crippen molar-refractivity contribution in [1.82, 2.24) is 4.57 Å². The van der Waals surface area contributed by atoms with Gasteiger partial charge in [-0.25, -0.2) is 4.79 Å². The van der Waals surface area contributed by atoms with E-state index in [4.69, 9.17) is 0 Å². The van der Waals surface area contributed by atoms with E-state index in [-0.39, 0.29) is 0 Å². The monoisotopic (exact) mass is 265 g/mol. The summed E-state index contributed by atoms with van der Waals surface area (Å²) in [6.45, 7) is 2.58. The van der Waals surface area contributed by atoms with Crippen LogP contribution in [-0.2, 0) is 6.54 Å². The van der Waals surface area contributed by atoms with Crippen LogP contribution in [0.3, 0.4) is 0 Å². The second kappa shape index (κ2) is 4.85. The Kier molecular flexibility index (Phi) is 3.03. The standard InChI is InChI=1S/C17H15NO2/c1-12-7-8-14-10-16(17(19)20)18(15(14)9-12)11-13-5-3-2-4-6-13/h2-10H,11H2,1H3,(H,19,20). The van der Waals surface area contributed by atoms with Crippen molar-refractivity contribution in [3.05, 3.63) is 71.4 Å². The van der Waals surface area contributed by atoms with Gasteiger partial charge < -0.3 is 9.67 Å². The van der Waals surface area contributed by atoms with Crippen LogP contribution in [0.4, 0.5) is 0 Å². The summed E-state index contributed by atoms with van der Waals surface area (Å²) in [5.41, 5.74) is 3.51. The van der Waals surface area contributed by atoms with Crippen LogP contribution < -0.4 is 0 Å². The molecule has 1 N–H and O–H groups in total. The summed E-state index contributed by atoms with van der Waals surface area (Å²) >= 11 is 0. The number of nitrogens with zero attached hydrogens (tertiary/aromatic N) is 1. The average molecular weight is 265 g/mol. The van der Waals surface area contributed by atoms with Crippen molar-refractivity contribution in [3.8, 4) is 0 Å². The van der Waals surface area contributed by atoms with Crippen molar-refractivity contribution in [1.29, 1.82) is 0 Å². The molecular weight excluding hydrogens is 250 g/mol. The molecule has 0 fully saturated rings. The van der Waals surface area contributed by atoms with Gasteiger partial charge in [0.2, 0.25) is 0 Å². The highest BCUT2D eigenvalue weighted by molar-refractivity contribution is 5.94. The van der Waals surface area contributed by atoms with E-state index in [2.05, 4.69) is 0 Å². The summed E-state index contributed by atoms with van der Waals surface area (Å²) in [4.78, 5) is 11.4. The van der Waals surface area contributed by atoms with Crippen molar-refractivity contribution in [2.24, 2.45) is 0 Å². The Balaban J connectivity index is 2.18. The summed E-state index contributed by atoms with van der Waals surface area (Å²) < 4.78 is 1.86. The Morgan fingerprint density at radius 1 is 1.10 bits per heavy atom. The number of hydrogen-bond donors (Lipinski definition) is 1. The fourth-order valence-corrected chi connectivity index (χ4v) is 2.48. The lowest BCUT2D eigenvalue weighted by molar-refractivity contribution is 0.0686. The summed E-state index contributed by atoms with van der Waals surface area (Å²) in [5, 5.41) is 10.4. The number of rotatable bonds is 3. The van der Waals surface area contributed by atoms with Crippen molar-refractivity contribution in [3.63, 3.8) is 0 Å². The molecule has 0 atom stereocenters. The van der Waals surface area contributed by atoms with Gasteiger partial charge in [-0.3, -0.25) is 0 Å². The van der Waals surface area contributed by atoms with Crippen molar-refractivity contribution < 1.29 is 9.90 Å². The maximum atomic E-state index is 11.4. The lowest BCUT2D eigenvalue weighted by atomic mass is 10.2. The van der Waals surface area contributed by atoms with Gasteiger partial charge in [-0.2, -0.15) is 0 Å². The molecule has 0 saturated carbocycles. The highest BCUT2D eigenvalue weighted by Gasteiger charge is 2.14. The highest BCUT2D eigenvalue weighted by Crippen LogP contribution is 2.22. The third kappa shape index (κ3) is 2.18. The smallest absolute Gasteiger partial charge is 0.352 e. The van der Waals surface area contributed by atoms with E-state index >= 15 is 0 Å². The molecule has 3 rings (SSSR count). The van der Waals surface area contributed by atoms with Crippen molar-refractivity contribution in [2.45, 2.75) is 13.5 Å². The Morgan fingerprint density at radius 2 is 1.85 bits per heavy atom. The molecule has 0 bridgehead atoms. The number of aromatic nitrogens is 1. The maximum absolute atomic E-state index is 11.4. The van der Waals surface area contributed by atoms with Gasteiger partial charge in [0.15, 0.2) is 0 Å². The average Bonchev–Trinajstić information content (AvgIpc) is 2.78. The zero-order chi connectivity index (χ0) is 14.1. The molecule has 3 aromatic rings. The minimum Gasteiger partial charge on any atom is -0.477 e. The Labute approximate surface area is 117 Å². The number of carbonyl (C=O) groups is 1. The normalized spacial score (nSPS) is 10.8. The molecule has 0 spiro atoms. The summed E-state index contributed by atoms with van der Waals surface area (Å²) in [7, 11) is 0. The first-order chi connectivity index (χ1) is 9.65. The lowest BCUT2D eigenvalue weighted by Gasteiger charge is -2.09. The molecule has 3 nitrogen and oxygen atoms in total. The molecule has 0 aliphatic rings. The number of carboxylic acids is 1. The summed E-state index contributed by atoms with van der Waals surface area (Å²) in [6.07, 6.45) is 0. The van der Waals surface area contributed by atoms with E-state index in [0.29, 0.717) is 12.2 Å². The molecule has 0 amide bonds. The van der Waals surface area contributed by atoms with Gasteiger partial charge in [0.1, 0.15) is 5.69 Å². The molecule has 0 aliphatic carbocycles. The zero-order valence-corrected chi connectivity index (χ0v) is 11.2. The maximum Gasteiger partial charge on any atom is 0.352 e. The fraction of sp³-hybridized carbons (Fsp3) is 0.118. The number of hydrogen-bond acceptors (Lipinski definition) is 1. The molecular formula is C17H15NO2. The van der Waals surface area contributed by atoms with Crippen molar-refractivity contribution >= 4 is 16.9 Å². The van der Waals surface area contributed by atoms with Crippen LogP contribution in [-0.4, -0.2) is 15.6 Å². The molecule has 0 radical (unpaired) electrons. The van der Waals surface area contributed by atoms with E-state index in [9.17, 15) is 9.90 Å². The third-order valence-corrected chi connectivity index (χ3v) is 3.46. The molecule has 2 aromatic carbocycles. The minimum atomic E-state index is -0.894. The predicted octanol–water partition coefficient (Wildman–Crippen LogP) is 3.70. The van der Waals surface area contributed by atoms with Crippen LogP contribution in [0.15, 0.2) is 54.6 Å². The number of carboxylic acid groups (broad SMARTS) is 1. The number of aromatic carboxylic acids is 1. The highest BCUT2D eigenvalue weighted by atomic mass is 16.4. The minimum absolute atomic E-state index is 0.328.